The number of amides is 4. The molecule has 4 saturated heterocycles. The number of carbonyl (C=O) groups excluding carboxylic acids is 4. The monoisotopic (exact) mass is 1420 g/mol. The van der Waals surface area contributed by atoms with Crippen molar-refractivity contribution in [2.45, 2.75) is 142 Å². The molecule has 0 aromatic carbocycles. The molecule has 0 spiro atoms. The van der Waals surface area contributed by atoms with E-state index in [2.05, 4.69) is 102 Å². The maximum Gasteiger partial charge on any atom is 0.236 e. The summed E-state index contributed by atoms with van der Waals surface area (Å²) in [5.74, 6) is -1.57. The Balaban J connectivity index is 0.000000158. The lowest BCUT2D eigenvalue weighted by Gasteiger charge is -2.17. The van der Waals surface area contributed by atoms with Crippen molar-refractivity contribution in [3.63, 3.8) is 0 Å². The lowest BCUT2D eigenvalue weighted by Crippen LogP contribution is -2.35. The molecule has 6 aliphatic rings. The Bertz CT molecular complexity index is 3290. The van der Waals surface area contributed by atoms with Gasteiger partial charge in [-0.25, -0.2) is 0 Å². The van der Waals surface area contributed by atoms with Crippen LogP contribution in [0.3, 0.4) is 0 Å². The fraction of sp³-hybridized carbons (Fsp3) is 0.457. The van der Waals surface area contributed by atoms with Crippen LogP contribution in [0.4, 0.5) is 0 Å². The highest BCUT2D eigenvalue weighted by molar-refractivity contribution is 9.09. The highest BCUT2D eigenvalue weighted by Gasteiger charge is 2.60. The first-order valence-electron chi connectivity index (χ1n) is 31.3. The molecule has 6 aromatic heterocycles. The molecule has 6 aromatic rings. The van der Waals surface area contributed by atoms with Gasteiger partial charge in [0.15, 0.2) is 0 Å². The van der Waals surface area contributed by atoms with Gasteiger partial charge in [-0.15, -0.1) is 0 Å². The molecule has 17 nitrogen and oxygen atoms in total. The number of nitrogens with zero attached hydrogens (tertiary/aromatic N) is 7. The van der Waals surface area contributed by atoms with Gasteiger partial charge >= 0.3 is 0 Å². The minimum atomic E-state index is -0.295. The zero-order valence-corrected chi connectivity index (χ0v) is 56.4. The van der Waals surface area contributed by atoms with Gasteiger partial charge in [-0.3, -0.25) is 59.3 Å². The van der Waals surface area contributed by atoms with Crippen molar-refractivity contribution in [1.82, 2.24) is 40.1 Å². The van der Waals surface area contributed by atoms with E-state index in [1.54, 1.807) is 30.9 Å². The van der Waals surface area contributed by atoms with Crippen LogP contribution in [0.1, 0.15) is 110 Å². The van der Waals surface area contributed by atoms with Crippen LogP contribution in [0.25, 0.3) is 34.2 Å². The third-order valence-electron chi connectivity index (χ3n) is 16.1. The molecule has 12 rings (SSSR count). The molecule has 90 heavy (non-hydrogen) atoms. The molecule has 0 radical (unpaired) electrons. The lowest BCUT2D eigenvalue weighted by molar-refractivity contribution is -0.142. The summed E-state index contributed by atoms with van der Waals surface area (Å²) in [4.78, 5) is 75.2. The number of aliphatic hydroxyl groups is 1. The molecule has 12 heterocycles. The SMILES string of the molecule is BrCCCCCCBr.Cc1ccnc(-c2cc(CO)ccn2)c1.Cc1ccnc(-c2cc(COCCCCCCBr)ccn2)c1.Cc1ccnc(-c2cc(COCCCCCCN3C(=O)C4C5C=CC(O5)C4C3=O)ccn2)c1.O=C1NC(=O)C2C3C=CC(O3)C12. The van der Waals surface area contributed by atoms with Crippen molar-refractivity contribution in [3.8, 4) is 34.2 Å². The number of halogens is 3. The molecule has 0 saturated carbocycles. The Morgan fingerprint density at radius 3 is 1.12 bits per heavy atom. The Labute approximate surface area is 554 Å². The highest BCUT2D eigenvalue weighted by atomic mass is 79.9. The Kier molecular flexibility index (Phi) is 28.5. The molecule has 4 fully saturated rings. The average Bonchev–Trinajstić information content (AvgIpc) is 1.68. The molecule has 8 atom stereocenters. The van der Waals surface area contributed by atoms with Crippen LogP contribution in [0.5, 0.6) is 0 Å². The number of ether oxygens (including phenoxy) is 4. The summed E-state index contributed by atoms with van der Waals surface area (Å²) in [6, 6.07) is 23.7. The molecule has 2 N–H and O–H groups in total. The molecule has 478 valence electrons. The zero-order chi connectivity index (χ0) is 63.6. The summed E-state index contributed by atoms with van der Waals surface area (Å²) in [6.07, 6.45) is 31.6. The van der Waals surface area contributed by atoms with Crippen LogP contribution in [0.2, 0.25) is 0 Å². The number of aromatic nitrogens is 6. The molecule has 4 amide bonds. The van der Waals surface area contributed by atoms with Gasteiger partial charge in [0.05, 0.1) is 102 Å². The fourth-order valence-electron chi connectivity index (χ4n) is 11.4. The summed E-state index contributed by atoms with van der Waals surface area (Å²) in [7, 11) is 0. The highest BCUT2D eigenvalue weighted by Crippen LogP contribution is 2.45. The van der Waals surface area contributed by atoms with Crippen LogP contribution in [-0.4, -0.2) is 124 Å². The van der Waals surface area contributed by atoms with Gasteiger partial charge in [-0.05, 0) is 165 Å². The minimum Gasteiger partial charge on any atom is -0.392 e. The second-order valence-electron chi connectivity index (χ2n) is 23.1. The van der Waals surface area contributed by atoms with E-state index in [4.69, 9.17) is 24.1 Å². The number of pyridine rings is 6. The maximum absolute atomic E-state index is 12.6. The Hall–Kier alpha value is -6.10. The number of carbonyl (C=O) groups is 4. The van der Waals surface area contributed by atoms with Crippen LogP contribution < -0.4 is 5.32 Å². The first-order valence-corrected chi connectivity index (χ1v) is 34.7. The number of hydrogen-bond donors (Lipinski definition) is 2. The first kappa shape index (κ1) is 69.8. The zero-order valence-electron chi connectivity index (χ0n) is 51.6. The number of rotatable bonds is 26. The second-order valence-corrected chi connectivity index (χ2v) is 25.4. The molecule has 0 aliphatic carbocycles. The molecule has 8 unspecified atom stereocenters. The molecule has 20 heteroatoms. The van der Waals surface area contributed by atoms with Gasteiger partial charge in [0.1, 0.15) is 0 Å². The van der Waals surface area contributed by atoms with Crippen molar-refractivity contribution in [1.29, 1.82) is 0 Å². The fourth-order valence-corrected chi connectivity index (χ4v) is 12.5. The number of alkyl halides is 3. The number of aryl methyl sites for hydroxylation is 3. The number of unbranched alkanes of at least 4 members (excludes halogenated alkanes) is 9. The van der Waals surface area contributed by atoms with Crippen molar-refractivity contribution >= 4 is 71.4 Å². The van der Waals surface area contributed by atoms with E-state index in [0.717, 1.165) is 117 Å². The van der Waals surface area contributed by atoms with Gasteiger partial charge in [0, 0.05) is 72.9 Å². The van der Waals surface area contributed by atoms with E-state index in [-0.39, 0.29) is 78.3 Å². The maximum atomic E-state index is 12.6. The Morgan fingerprint density at radius 1 is 0.433 bits per heavy atom. The largest absolute Gasteiger partial charge is 0.392 e. The molecule has 6 aliphatic heterocycles. The number of likely N-dealkylation sites (tertiary alicyclic amines) is 1. The minimum absolute atomic E-state index is 0.0291. The Morgan fingerprint density at radius 2 is 0.756 bits per heavy atom. The van der Waals surface area contributed by atoms with Crippen molar-refractivity contribution < 1.29 is 43.2 Å². The quantitative estimate of drug-likeness (QED) is 0.0223. The number of hydrogen-bond acceptors (Lipinski definition) is 15. The molecule has 4 bridgehead atoms. The summed E-state index contributed by atoms with van der Waals surface area (Å²) in [5, 5.41) is 14.8. The third-order valence-corrected chi connectivity index (χ3v) is 17.8. The van der Waals surface area contributed by atoms with Crippen molar-refractivity contribution in [3.05, 3.63) is 168 Å². The summed E-state index contributed by atoms with van der Waals surface area (Å²) >= 11 is 10.2. The van der Waals surface area contributed by atoms with E-state index in [1.807, 2.05) is 105 Å². The first-order chi connectivity index (χ1) is 43.9. The third kappa shape index (κ3) is 20.2. The van der Waals surface area contributed by atoms with Crippen LogP contribution in [0, 0.1) is 44.4 Å². The number of aliphatic hydroxyl groups excluding tert-OH is 1. The predicted molar refractivity (Wildman–Crippen MR) is 358 cm³/mol. The van der Waals surface area contributed by atoms with E-state index in [0.29, 0.717) is 26.4 Å². The predicted octanol–water partition coefficient (Wildman–Crippen LogP) is 12.9. The van der Waals surface area contributed by atoms with Crippen molar-refractivity contribution in [2.75, 3.05) is 35.7 Å². The number of imide groups is 2. The van der Waals surface area contributed by atoms with Gasteiger partial charge in [0.2, 0.25) is 23.6 Å². The van der Waals surface area contributed by atoms with E-state index in [9.17, 15) is 19.2 Å². The molecular formula is C70H83Br3N8O9. The van der Waals surface area contributed by atoms with Gasteiger partial charge in [0.25, 0.3) is 0 Å². The standard InChI is InChI=1S/C26H29N3O4.C18H23BrN2O.C12H12N2O.C8H7NO3.C6H12Br2/c1-17-8-10-27-19(14-17)20-15-18(9-11-28-20)16-32-13-5-3-2-4-12-29-25(30)23-21-6-7-22(33-21)24(23)26(29)31;1-15-6-9-20-17(12-15)18-13-16(7-10-21-18)14-22-11-5-3-2-4-8-19;1-9-2-4-13-11(6-9)12-7-10(8-15)3-5-14-12;10-7-5-3-1-2-4(12-3)6(5)8(11)9-7;7-5-3-1-2-4-6-8/h6-11,14-15,21-24H,2-5,12-13,16H2,1H3;6-7,9-10,12-13H,2-5,8,11,14H2,1H3;2-7,15H,8H2,1H3;1-6H,(H,9,10,11);1-6H2. The van der Waals surface area contributed by atoms with Crippen LogP contribution >= 0.6 is 47.8 Å². The number of fused-ring (bicyclic) bond motifs is 10. The number of nitrogens with one attached hydrogen (secondary N) is 1. The summed E-state index contributed by atoms with van der Waals surface area (Å²) in [5.41, 5.74) is 11.7. The average molecular weight is 1420 g/mol. The van der Waals surface area contributed by atoms with Crippen LogP contribution in [0.15, 0.2) is 134 Å². The van der Waals surface area contributed by atoms with Gasteiger partial charge in [-0.1, -0.05) is 111 Å². The second kappa shape index (κ2) is 36.8. The van der Waals surface area contributed by atoms with Gasteiger partial charge in [-0.2, -0.15) is 0 Å². The summed E-state index contributed by atoms with van der Waals surface area (Å²) < 4.78 is 22.7. The van der Waals surface area contributed by atoms with Crippen LogP contribution in [-0.2, 0) is 57.9 Å². The normalized spacial score (nSPS) is 20.9. The lowest BCUT2D eigenvalue weighted by atomic mass is 9.85. The topological polar surface area (TPSA) is 218 Å². The van der Waals surface area contributed by atoms with E-state index < -0.39 is 0 Å². The van der Waals surface area contributed by atoms with E-state index in [1.165, 1.54) is 55.4 Å². The van der Waals surface area contributed by atoms with Crippen molar-refractivity contribution in [2.24, 2.45) is 23.7 Å². The molecular weight excluding hydrogens is 1340 g/mol. The van der Waals surface area contributed by atoms with E-state index >= 15 is 0 Å². The smallest absolute Gasteiger partial charge is 0.236 e. The summed E-state index contributed by atoms with van der Waals surface area (Å²) in [6.45, 7) is 9.34. The van der Waals surface area contributed by atoms with Gasteiger partial charge < -0.3 is 24.1 Å².